The number of hydrogen-bond acceptors (Lipinski definition) is 2. The Hall–Kier alpha value is 0.776. The number of piperidine rings is 1. The second-order valence-corrected chi connectivity index (χ2v) is 3.49. The van der Waals surface area contributed by atoms with Crippen LogP contribution >= 0.6 is 0 Å². The SMILES string of the molecule is CC1(C)CC(=O)NC(=O)C1.[H-].[K+]. The summed E-state index contributed by atoms with van der Waals surface area (Å²) in [6, 6.07) is 0. The van der Waals surface area contributed by atoms with Gasteiger partial charge in [-0.05, 0) is 5.41 Å². The fourth-order valence-electron chi connectivity index (χ4n) is 1.18. The molecule has 1 saturated heterocycles. The summed E-state index contributed by atoms with van der Waals surface area (Å²) >= 11 is 0. The van der Waals surface area contributed by atoms with Crippen LogP contribution in [0.15, 0.2) is 0 Å². The van der Waals surface area contributed by atoms with E-state index in [0.717, 1.165) is 0 Å². The molecule has 0 radical (unpaired) electrons. The Labute approximate surface area is 110 Å². The summed E-state index contributed by atoms with van der Waals surface area (Å²) in [5, 5.41) is 2.26. The predicted octanol–water partition coefficient (Wildman–Crippen LogP) is -2.43. The Morgan fingerprint density at radius 2 is 1.64 bits per heavy atom. The molecule has 0 aromatic carbocycles. The van der Waals surface area contributed by atoms with E-state index < -0.39 is 0 Å². The number of amides is 2. The van der Waals surface area contributed by atoms with Crippen LogP contribution in [-0.2, 0) is 9.59 Å². The molecule has 1 rings (SSSR count). The molecular weight excluding hydrogens is 169 g/mol. The predicted molar refractivity (Wildman–Crippen MR) is 37.3 cm³/mol. The number of imide groups is 1. The summed E-state index contributed by atoms with van der Waals surface area (Å²) in [7, 11) is 0. The van der Waals surface area contributed by atoms with E-state index in [-0.39, 0.29) is 70.0 Å². The van der Waals surface area contributed by atoms with Crippen molar-refractivity contribution in [2.45, 2.75) is 26.7 Å². The molecule has 1 aliphatic rings. The van der Waals surface area contributed by atoms with Crippen LogP contribution in [0.2, 0.25) is 0 Å². The molecule has 58 valence electrons. The molecule has 0 atom stereocenters. The fraction of sp³-hybridized carbons (Fsp3) is 0.714. The third-order valence-corrected chi connectivity index (χ3v) is 1.56. The van der Waals surface area contributed by atoms with Crippen LogP contribution in [0.1, 0.15) is 28.1 Å². The molecule has 0 aromatic heterocycles. The molecule has 1 heterocycles. The van der Waals surface area contributed by atoms with E-state index in [4.69, 9.17) is 0 Å². The zero-order valence-electron chi connectivity index (χ0n) is 8.23. The van der Waals surface area contributed by atoms with Gasteiger partial charge in [-0.25, -0.2) is 0 Å². The fourth-order valence-corrected chi connectivity index (χ4v) is 1.18. The summed E-state index contributed by atoms with van der Waals surface area (Å²) in [4.78, 5) is 21.5. The molecule has 1 N–H and O–H groups in total. The second kappa shape index (κ2) is 4.14. The minimum absolute atomic E-state index is 0. The Morgan fingerprint density at radius 1 is 1.27 bits per heavy atom. The van der Waals surface area contributed by atoms with Crippen LogP contribution in [0.5, 0.6) is 0 Å². The molecule has 0 bridgehead atoms. The molecule has 0 spiro atoms. The van der Waals surface area contributed by atoms with Gasteiger partial charge in [-0.15, -0.1) is 0 Å². The molecule has 11 heavy (non-hydrogen) atoms. The number of rotatable bonds is 0. The van der Waals surface area contributed by atoms with Crippen molar-refractivity contribution < 1.29 is 62.4 Å². The first-order valence-electron chi connectivity index (χ1n) is 3.32. The number of nitrogens with one attached hydrogen (secondary N) is 1. The second-order valence-electron chi connectivity index (χ2n) is 3.49. The van der Waals surface area contributed by atoms with Crippen molar-refractivity contribution in [3.63, 3.8) is 0 Å². The third kappa shape index (κ3) is 3.80. The maximum atomic E-state index is 10.8. The van der Waals surface area contributed by atoms with E-state index in [1.165, 1.54) is 0 Å². The average Bonchev–Trinajstić information content (AvgIpc) is 1.54. The van der Waals surface area contributed by atoms with Gasteiger partial charge in [0, 0.05) is 12.8 Å². The van der Waals surface area contributed by atoms with Gasteiger partial charge in [0.25, 0.3) is 0 Å². The summed E-state index contributed by atoms with van der Waals surface area (Å²) in [5.74, 6) is -0.303. The van der Waals surface area contributed by atoms with Crippen molar-refractivity contribution in [1.82, 2.24) is 5.32 Å². The first-order valence-corrected chi connectivity index (χ1v) is 3.32. The normalized spacial score (nSPS) is 22.0. The number of hydrogen-bond donors (Lipinski definition) is 1. The summed E-state index contributed by atoms with van der Waals surface area (Å²) < 4.78 is 0. The Morgan fingerprint density at radius 3 is 1.91 bits per heavy atom. The van der Waals surface area contributed by atoms with Gasteiger partial charge < -0.3 is 1.43 Å². The zero-order valence-corrected chi connectivity index (χ0v) is 10.4. The maximum Gasteiger partial charge on any atom is 1.00 e. The third-order valence-electron chi connectivity index (χ3n) is 1.56. The smallest absolute Gasteiger partial charge is 1.00 e. The van der Waals surface area contributed by atoms with Crippen LogP contribution in [0.3, 0.4) is 0 Å². The Balaban J connectivity index is 0. The first kappa shape index (κ1) is 11.8. The van der Waals surface area contributed by atoms with E-state index in [9.17, 15) is 9.59 Å². The van der Waals surface area contributed by atoms with Crippen molar-refractivity contribution in [1.29, 1.82) is 0 Å². The quantitative estimate of drug-likeness (QED) is 0.333. The van der Waals surface area contributed by atoms with E-state index in [1.54, 1.807) is 0 Å². The van der Waals surface area contributed by atoms with Gasteiger partial charge in [-0.1, -0.05) is 13.8 Å². The Kier molecular flexibility index (Phi) is 4.43. The molecule has 0 aromatic rings. The largest absolute Gasteiger partial charge is 1.00 e. The van der Waals surface area contributed by atoms with E-state index in [0.29, 0.717) is 12.8 Å². The molecular formula is C7H12KNO2. The van der Waals surface area contributed by atoms with Crippen LogP contribution in [0.4, 0.5) is 0 Å². The molecule has 2 amide bonds. The van der Waals surface area contributed by atoms with Gasteiger partial charge >= 0.3 is 51.4 Å². The zero-order chi connectivity index (χ0) is 7.78. The molecule has 3 nitrogen and oxygen atoms in total. The van der Waals surface area contributed by atoms with Crippen molar-refractivity contribution in [3.05, 3.63) is 0 Å². The van der Waals surface area contributed by atoms with Gasteiger partial charge in [-0.2, -0.15) is 0 Å². The topological polar surface area (TPSA) is 46.2 Å². The van der Waals surface area contributed by atoms with Crippen molar-refractivity contribution in [3.8, 4) is 0 Å². The van der Waals surface area contributed by atoms with Gasteiger partial charge in [0.1, 0.15) is 0 Å². The van der Waals surface area contributed by atoms with Crippen LogP contribution in [0, 0.1) is 5.41 Å². The van der Waals surface area contributed by atoms with Crippen LogP contribution in [-0.4, -0.2) is 11.8 Å². The molecule has 0 aliphatic carbocycles. The van der Waals surface area contributed by atoms with Gasteiger partial charge in [0.15, 0.2) is 0 Å². The number of carbonyl (C=O) groups excluding carboxylic acids is 2. The molecule has 4 heteroatoms. The molecule has 1 aliphatic heterocycles. The summed E-state index contributed by atoms with van der Waals surface area (Å²) in [5.41, 5.74) is -0.139. The van der Waals surface area contributed by atoms with Crippen LogP contribution < -0.4 is 56.7 Å². The number of carbonyl (C=O) groups is 2. The summed E-state index contributed by atoms with van der Waals surface area (Å²) in [6.07, 6.45) is 0.914. The standard InChI is InChI=1S/C7H11NO2.K.H/c1-7(2)3-5(9)8-6(10)4-7;;/h3-4H2,1-2H3,(H,8,9,10);;/q;+1;-1. The Bertz CT molecular complexity index is 176. The minimum atomic E-state index is -0.152. The maximum absolute atomic E-state index is 10.8. The summed E-state index contributed by atoms with van der Waals surface area (Å²) in [6.45, 7) is 3.84. The van der Waals surface area contributed by atoms with Gasteiger partial charge in [0.2, 0.25) is 11.8 Å². The monoisotopic (exact) mass is 181 g/mol. The van der Waals surface area contributed by atoms with Crippen molar-refractivity contribution in [2.75, 3.05) is 0 Å². The molecule has 0 saturated carbocycles. The van der Waals surface area contributed by atoms with Crippen molar-refractivity contribution >= 4 is 11.8 Å². The van der Waals surface area contributed by atoms with E-state index in [1.807, 2.05) is 13.8 Å². The van der Waals surface area contributed by atoms with E-state index >= 15 is 0 Å². The average molecular weight is 181 g/mol. The first-order chi connectivity index (χ1) is 4.49. The van der Waals surface area contributed by atoms with Gasteiger partial charge in [-0.3, -0.25) is 14.9 Å². The molecule has 1 fully saturated rings. The minimum Gasteiger partial charge on any atom is -1.00 e. The molecule has 0 unspecified atom stereocenters. The van der Waals surface area contributed by atoms with Crippen LogP contribution in [0.25, 0.3) is 0 Å². The van der Waals surface area contributed by atoms with Crippen molar-refractivity contribution in [2.24, 2.45) is 5.41 Å². The van der Waals surface area contributed by atoms with E-state index in [2.05, 4.69) is 5.32 Å². The van der Waals surface area contributed by atoms with Gasteiger partial charge in [0.05, 0.1) is 0 Å².